The monoisotopic (exact) mass is 404 g/mol. The lowest BCUT2D eigenvalue weighted by Gasteiger charge is -2.05. The van der Waals surface area contributed by atoms with Gasteiger partial charge >= 0.3 is 10.2 Å². The smallest absolute Gasteiger partial charge is 0.379 e. The summed E-state index contributed by atoms with van der Waals surface area (Å²) in [5, 5.41) is 8.46. The second kappa shape index (κ2) is 14.0. The molecule has 0 saturated carbocycles. The van der Waals surface area contributed by atoms with Crippen molar-refractivity contribution in [2.24, 2.45) is 0 Å². The van der Waals surface area contributed by atoms with E-state index in [1.165, 1.54) is 73.7 Å². The predicted octanol–water partition coefficient (Wildman–Crippen LogP) is 0.249. The molecule has 1 rings (SSSR count). The first-order valence-corrected chi connectivity index (χ1v) is 10.7. The molecule has 0 saturated heterocycles. The van der Waals surface area contributed by atoms with Crippen molar-refractivity contribution in [1.29, 1.82) is 5.26 Å². The number of aromatic nitrogens is 2. The quantitative estimate of drug-likeness (QED) is 0.329. The van der Waals surface area contributed by atoms with Crippen molar-refractivity contribution >= 4 is 10.2 Å². The molecule has 0 aromatic carbocycles. The van der Waals surface area contributed by atoms with Gasteiger partial charge in [-0.2, -0.15) is 18.0 Å². The van der Waals surface area contributed by atoms with E-state index in [2.05, 4.69) is 6.07 Å². The van der Waals surface area contributed by atoms with E-state index < -0.39 is 10.2 Å². The summed E-state index contributed by atoms with van der Waals surface area (Å²) in [6.07, 6.45) is 17.9. The summed E-state index contributed by atoms with van der Waals surface area (Å²) in [5.74, 6) is 0. The second-order valence-corrected chi connectivity index (χ2v) is 8.76. The van der Waals surface area contributed by atoms with Crippen molar-refractivity contribution in [3.8, 4) is 6.07 Å². The zero-order chi connectivity index (χ0) is 18.5. The molecule has 150 valence electrons. The van der Waals surface area contributed by atoms with Gasteiger partial charge in [0.1, 0.15) is 12.4 Å². The molecule has 0 unspecified atom stereocenters. The number of hydrogen-bond donors (Lipinski definition) is 0. The number of nitriles is 1. The summed E-state index contributed by atoms with van der Waals surface area (Å²) in [6, 6.07) is 2.19. The Balaban J connectivity index is 0.00000625. The van der Waals surface area contributed by atoms with Crippen molar-refractivity contribution in [3.05, 3.63) is 18.7 Å². The van der Waals surface area contributed by atoms with Crippen LogP contribution in [0.2, 0.25) is 0 Å². The van der Waals surface area contributed by atoms with Gasteiger partial charge in [0.05, 0.1) is 12.6 Å². The fourth-order valence-corrected chi connectivity index (χ4v) is 3.57. The van der Waals surface area contributed by atoms with Crippen LogP contribution in [0.4, 0.5) is 0 Å². The van der Waals surface area contributed by atoms with Crippen molar-refractivity contribution in [3.63, 3.8) is 0 Å². The molecule has 6 nitrogen and oxygen atoms in total. The number of aryl methyl sites for hydroxylation is 1. The standard InChI is InChI=1S/C18H33N4O2S.ClH/c1-20(2)25(23,24)22-17-16-21(18-22)15-13-11-9-7-5-3-4-6-8-10-12-14-19;/h16-18H,3-13,15H2,1-2H3;1H/q+1;/p-1. The van der Waals surface area contributed by atoms with Gasteiger partial charge in [-0.1, -0.05) is 44.9 Å². The minimum absolute atomic E-state index is 0. The largest absolute Gasteiger partial charge is 1.00 e. The lowest BCUT2D eigenvalue weighted by molar-refractivity contribution is -0.696. The topological polar surface area (TPSA) is 70.0 Å². The molecular weight excluding hydrogens is 372 g/mol. The Bertz CT molecular complexity index is 623. The molecule has 0 spiro atoms. The van der Waals surface area contributed by atoms with E-state index in [1.807, 2.05) is 10.8 Å². The molecule has 26 heavy (non-hydrogen) atoms. The molecule has 8 heteroatoms. The van der Waals surface area contributed by atoms with E-state index in [0.717, 1.165) is 19.4 Å². The summed E-state index contributed by atoms with van der Waals surface area (Å²) >= 11 is 0. The van der Waals surface area contributed by atoms with Crippen molar-refractivity contribution in [1.82, 2.24) is 8.28 Å². The van der Waals surface area contributed by atoms with E-state index in [4.69, 9.17) is 5.26 Å². The number of imidazole rings is 1. The van der Waals surface area contributed by atoms with Gasteiger partial charge in [-0.3, -0.25) is 0 Å². The second-order valence-electron chi connectivity index (χ2n) is 6.72. The van der Waals surface area contributed by atoms with Crippen LogP contribution in [0.1, 0.15) is 70.6 Å². The van der Waals surface area contributed by atoms with E-state index in [9.17, 15) is 8.42 Å². The molecule has 0 fully saturated rings. The van der Waals surface area contributed by atoms with Crippen LogP contribution in [0, 0.1) is 11.3 Å². The van der Waals surface area contributed by atoms with Gasteiger partial charge < -0.3 is 12.4 Å². The summed E-state index contributed by atoms with van der Waals surface area (Å²) in [4.78, 5) is 0. The minimum atomic E-state index is -3.40. The Morgan fingerprint density at radius 1 is 0.962 bits per heavy atom. The summed E-state index contributed by atoms with van der Waals surface area (Å²) in [7, 11) is -0.331. The molecule has 1 heterocycles. The van der Waals surface area contributed by atoms with E-state index >= 15 is 0 Å². The van der Waals surface area contributed by atoms with Gasteiger partial charge in [0.2, 0.25) is 0 Å². The van der Waals surface area contributed by atoms with Gasteiger partial charge in [-0.05, 0) is 19.3 Å². The van der Waals surface area contributed by atoms with Crippen LogP contribution in [-0.2, 0) is 16.8 Å². The Morgan fingerprint density at radius 3 is 1.96 bits per heavy atom. The van der Waals surface area contributed by atoms with Crippen LogP contribution in [0.25, 0.3) is 0 Å². The molecule has 0 amide bonds. The fraction of sp³-hybridized carbons (Fsp3) is 0.778. The third-order valence-corrected chi connectivity index (χ3v) is 6.02. The molecule has 0 radical (unpaired) electrons. The fourth-order valence-electron chi connectivity index (χ4n) is 2.74. The zero-order valence-corrected chi connectivity index (χ0v) is 17.7. The van der Waals surface area contributed by atoms with Crippen LogP contribution >= 0.6 is 0 Å². The maximum Gasteiger partial charge on any atom is 0.379 e. The van der Waals surface area contributed by atoms with Gasteiger partial charge in [-0.15, -0.1) is 3.97 Å². The Kier molecular flexibility index (Phi) is 13.4. The van der Waals surface area contributed by atoms with Crippen molar-refractivity contribution < 1.29 is 25.4 Å². The number of unbranched alkanes of at least 4 members (excludes halogenated alkanes) is 10. The first-order chi connectivity index (χ1) is 12.0. The van der Waals surface area contributed by atoms with Crippen molar-refractivity contribution in [2.45, 2.75) is 77.2 Å². The first-order valence-electron chi connectivity index (χ1n) is 9.35. The molecular formula is C18H33ClN4O2S. The van der Waals surface area contributed by atoms with Gasteiger partial charge in [0.15, 0.2) is 0 Å². The number of nitrogens with zero attached hydrogens (tertiary/aromatic N) is 4. The van der Waals surface area contributed by atoms with Gasteiger partial charge in [0.25, 0.3) is 6.33 Å². The lowest BCUT2D eigenvalue weighted by atomic mass is 10.1. The number of halogens is 1. The van der Waals surface area contributed by atoms with Crippen LogP contribution in [0.5, 0.6) is 0 Å². The average molecular weight is 405 g/mol. The summed E-state index contributed by atoms with van der Waals surface area (Å²) in [5.41, 5.74) is 0. The van der Waals surface area contributed by atoms with Crippen LogP contribution in [-0.4, -0.2) is 30.8 Å². The van der Waals surface area contributed by atoms with Gasteiger partial charge in [0, 0.05) is 20.5 Å². The lowest BCUT2D eigenvalue weighted by Crippen LogP contribution is -3.00. The predicted molar refractivity (Wildman–Crippen MR) is 99.0 cm³/mol. The zero-order valence-electron chi connectivity index (χ0n) is 16.1. The van der Waals surface area contributed by atoms with Crippen molar-refractivity contribution in [2.75, 3.05) is 14.1 Å². The Morgan fingerprint density at radius 2 is 1.46 bits per heavy atom. The Labute approximate surface area is 165 Å². The highest BCUT2D eigenvalue weighted by molar-refractivity contribution is 7.87. The molecule has 0 aliphatic carbocycles. The highest BCUT2D eigenvalue weighted by atomic mass is 35.5. The van der Waals surface area contributed by atoms with Crippen LogP contribution in [0.15, 0.2) is 18.7 Å². The van der Waals surface area contributed by atoms with E-state index in [1.54, 1.807) is 12.5 Å². The molecule has 0 N–H and O–H groups in total. The third kappa shape index (κ3) is 9.56. The molecule has 0 aliphatic rings. The van der Waals surface area contributed by atoms with Crippen LogP contribution < -0.4 is 17.0 Å². The van der Waals surface area contributed by atoms with Gasteiger partial charge in [-0.25, -0.2) is 4.57 Å². The van der Waals surface area contributed by atoms with E-state index in [-0.39, 0.29) is 12.4 Å². The molecule has 0 bridgehead atoms. The summed E-state index contributed by atoms with van der Waals surface area (Å²) in [6.45, 7) is 0.856. The molecule has 1 aromatic rings. The maximum absolute atomic E-state index is 12.0. The highest BCUT2D eigenvalue weighted by Crippen LogP contribution is 2.11. The van der Waals surface area contributed by atoms with Crippen LogP contribution in [0.3, 0.4) is 0 Å². The molecule has 0 atom stereocenters. The number of rotatable bonds is 14. The highest BCUT2D eigenvalue weighted by Gasteiger charge is 2.22. The third-order valence-electron chi connectivity index (χ3n) is 4.35. The Hall–Kier alpha value is -1.10. The number of hydrogen-bond acceptors (Lipinski definition) is 3. The molecule has 1 aromatic heterocycles. The maximum atomic E-state index is 12.0. The SMILES string of the molecule is CN(C)S(=O)(=O)n1cc[n+](CCCCCCCCCCCCC#N)c1.[Cl-]. The average Bonchev–Trinajstić information content (AvgIpc) is 3.05. The first kappa shape index (κ1) is 24.9. The van der Waals surface area contributed by atoms with E-state index in [0.29, 0.717) is 6.42 Å². The minimum Gasteiger partial charge on any atom is -1.00 e. The molecule has 0 aliphatic heterocycles. The summed E-state index contributed by atoms with van der Waals surface area (Å²) < 4.78 is 28.4. The normalized spacial score (nSPS) is 11.3.